The Kier molecular flexibility index (Phi) is 2.57. The fraction of sp³-hybridized carbons (Fsp3) is 0.818. The first-order chi connectivity index (χ1) is 8.27. The van der Waals surface area contributed by atoms with Crippen LogP contribution >= 0.6 is 0 Å². The minimum atomic E-state index is -0.163. The van der Waals surface area contributed by atoms with Gasteiger partial charge in [0, 0.05) is 5.92 Å². The smallest absolute Gasteiger partial charge is 0.224 e. The maximum atomic E-state index is 12.1. The van der Waals surface area contributed by atoms with Crippen molar-refractivity contribution in [2.24, 2.45) is 17.8 Å². The zero-order valence-corrected chi connectivity index (χ0v) is 9.89. The molecule has 0 aliphatic heterocycles. The van der Waals surface area contributed by atoms with Crippen LogP contribution in [0.15, 0.2) is 0 Å². The van der Waals surface area contributed by atoms with Gasteiger partial charge in [-0.2, -0.15) is 5.21 Å². The summed E-state index contributed by atoms with van der Waals surface area (Å²) in [4.78, 5) is 12.1. The maximum absolute atomic E-state index is 12.1. The van der Waals surface area contributed by atoms with E-state index in [4.69, 9.17) is 0 Å². The van der Waals surface area contributed by atoms with Crippen LogP contribution in [-0.4, -0.2) is 26.5 Å². The monoisotopic (exact) mass is 235 g/mol. The van der Waals surface area contributed by atoms with E-state index in [0.29, 0.717) is 17.7 Å². The molecular formula is C11H17N5O. The van der Waals surface area contributed by atoms with Gasteiger partial charge in [-0.05, 0) is 31.6 Å². The van der Waals surface area contributed by atoms with E-state index in [9.17, 15) is 4.79 Å². The Labute approximate surface area is 99.6 Å². The molecule has 1 heterocycles. The standard InChI is InChI=1S/C11H17N5O/c1-6(10-13-15-16-14-10)12-11(17)9-7-4-2-3-5-8(7)9/h6-9H,2-5H2,1H3,(H,12,17)(H,13,14,15,16). The lowest BCUT2D eigenvalue weighted by molar-refractivity contribution is -0.123. The van der Waals surface area contributed by atoms with Crippen molar-refractivity contribution in [3.63, 3.8) is 0 Å². The average molecular weight is 235 g/mol. The summed E-state index contributed by atoms with van der Waals surface area (Å²) in [6.07, 6.45) is 5.01. The van der Waals surface area contributed by atoms with Crippen LogP contribution in [-0.2, 0) is 4.79 Å². The first-order valence-corrected chi connectivity index (χ1v) is 6.31. The molecule has 17 heavy (non-hydrogen) atoms. The molecule has 0 bridgehead atoms. The summed E-state index contributed by atoms with van der Waals surface area (Å²) >= 11 is 0. The van der Waals surface area contributed by atoms with Crippen LogP contribution in [0.5, 0.6) is 0 Å². The van der Waals surface area contributed by atoms with Crippen molar-refractivity contribution in [1.29, 1.82) is 0 Å². The van der Waals surface area contributed by atoms with Crippen molar-refractivity contribution in [3.8, 4) is 0 Å². The van der Waals surface area contributed by atoms with Crippen molar-refractivity contribution < 1.29 is 4.79 Å². The molecule has 1 aromatic heterocycles. The summed E-state index contributed by atoms with van der Waals surface area (Å²) in [5.74, 6) is 2.23. The molecule has 3 unspecified atom stereocenters. The third-order valence-electron chi connectivity index (χ3n) is 4.07. The van der Waals surface area contributed by atoms with Crippen molar-refractivity contribution in [3.05, 3.63) is 5.82 Å². The molecule has 0 radical (unpaired) electrons. The molecule has 2 saturated carbocycles. The van der Waals surface area contributed by atoms with E-state index < -0.39 is 0 Å². The Hall–Kier alpha value is -1.46. The van der Waals surface area contributed by atoms with Gasteiger partial charge in [0.25, 0.3) is 0 Å². The number of aromatic nitrogens is 4. The zero-order chi connectivity index (χ0) is 11.8. The second kappa shape index (κ2) is 4.09. The maximum Gasteiger partial charge on any atom is 0.224 e. The number of H-pyrrole nitrogens is 1. The topological polar surface area (TPSA) is 83.6 Å². The SMILES string of the molecule is CC(NC(=O)C1C2CCCCC21)c1nn[nH]n1. The second-order valence-electron chi connectivity index (χ2n) is 5.14. The molecule has 0 saturated heterocycles. The second-order valence-corrected chi connectivity index (χ2v) is 5.14. The van der Waals surface area contributed by atoms with E-state index in [2.05, 4.69) is 25.9 Å². The van der Waals surface area contributed by atoms with Gasteiger partial charge in [0.15, 0.2) is 5.82 Å². The van der Waals surface area contributed by atoms with E-state index in [1.807, 2.05) is 6.92 Å². The van der Waals surface area contributed by atoms with Gasteiger partial charge in [-0.1, -0.05) is 18.1 Å². The lowest BCUT2D eigenvalue weighted by Crippen LogP contribution is -2.29. The van der Waals surface area contributed by atoms with Gasteiger partial charge in [0.2, 0.25) is 5.91 Å². The number of rotatable bonds is 3. The quantitative estimate of drug-likeness (QED) is 0.812. The number of carbonyl (C=O) groups is 1. The van der Waals surface area contributed by atoms with E-state index in [1.54, 1.807) is 0 Å². The summed E-state index contributed by atoms with van der Waals surface area (Å²) < 4.78 is 0. The number of tetrazole rings is 1. The Bertz CT molecular complexity index is 392. The highest BCUT2D eigenvalue weighted by Crippen LogP contribution is 2.55. The van der Waals surface area contributed by atoms with Crippen LogP contribution in [0.1, 0.15) is 44.5 Å². The van der Waals surface area contributed by atoms with E-state index in [0.717, 1.165) is 0 Å². The average Bonchev–Trinajstić information content (AvgIpc) is 2.80. The molecule has 2 fully saturated rings. The zero-order valence-electron chi connectivity index (χ0n) is 9.89. The van der Waals surface area contributed by atoms with Gasteiger partial charge in [-0.3, -0.25) is 4.79 Å². The molecule has 2 N–H and O–H groups in total. The molecule has 3 atom stereocenters. The predicted molar refractivity (Wildman–Crippen MR) is 59.7 cm³/mol. The van der Waals surface area contributed by atoms with Gasteiger partial charge in [-0.25, -0.2) is 0 Å². The van der Waals surface area contributed by atoms with Crippen LogP contribution in [0.3, 0.4) is 0 Å². The fourth-order valence-corrected chi connectivity index (χ4v) is 3.11. The van der Waals surface area contributed by atoms with E-state index in [-0.39, 0.29) is 17.9 Å². The number of amides is 1. The Balaban J connectivity index is 1.57. The van der Waals surface area contributed by atoms with E-state index >= 15 is 0 Å². The molecule has 92 valence electrons. The molecule has 3 rings (SSSR count). The van der Waals surface area contributed by atoms with E-state index in [1.165, 1.54) is 25.7 Å². The number of hydrogen-bond acceptors (Lipinski definition) is 4. The third-order valence-corrected chi connectivity index (χ3v) is 4.07. The van der Waals surface area contributed by atoms with Crippen molar-refractivity contribution in [2.75, 3.05) is 0 Å². The first-order valence-electron chi connectivity index (χ1n) is 6.31. The summed E-state index contributed by atoms with van der Waals surface area (Å²) in [5.41, 5.74) is 0. The molecule has 2 aliphatic carbocycles. The number of carbonyl (C=O) groups excluding carboxylic acids is 1. The number of nitrogens with one attached hydrogen (secondary N) is 2. The summed E-state index contributed by atoms with van der Waals surface area (Å²) in [6, 6.07) is -0.163. The molecular weight excluding hydrogens is 218 g/mol. The molecule has 1 aromatic rings. The van der Waals surface area contributed by atoms with Crippen LogP contribution in [0.25, 0.3) is 0 Å². The predicted octanol–water partition coefficient (Wildman–Crippen LogP) is 0.813. The number of nitrogens with zero attached hydrogens (tertiary/aromatic N) is 3. The van der Waals surface area contributed by atoms with Gasteiger partial charge in [0.05, 0.1) is 6.04 Å². The van der Waals surface area contributed by atoms with Crippen molar-refractivity contribution >= 4 is 5.91 Å². The van der Waals surface area contributed by atoms with Gasteiger partial charge in [-0.15, -0.1) is 10.2 Å². The lowest BCUT2D eigenvalue weighted by atomic mass is 10.0. The highest BCUT2D eigenvalue weighted by atomic mass is 16.2. The Morgan fingerprint density at radius 1 is 1.41 bits per heavy atom. The number of hydrogen-bond donors (Lipinski definition) is 2. The molecule has 6 nitrogen and oxygen atoms in total. The highest BCUT2D eigenvalue weighted by molar-refractivity contribution is 5.82. The lowest BCUT2D eigenvalue weighted by Gasteiger charge is -2.09. The number of aromatic amines is 1. The summed E-state index contributed by atoms with van der Waals surface area (Å²) in [5, 5.41) is 16.6. The third kappa shape index (κ3) is 1.92. The van der Waals surface area contributed by atoms with Gasteiger partial charge >= 0.3 is 0 Å². The van der Waals surface area contributed by atoms with Gasteiger partial charge < -0.3 is 5.32 Å². The van der Waals surface area contributed by atoms with Crippen LogP contribution < -0.4 is 5.32 Å². The summed E-state index contributed by atoms with van der Waals surface area (Å²) in [6.45, 7) is 1.88. The van der Waals surface area contributed by atoms with Crippen LogP contribution in [0.2, 0.25) is 0 Å². The normalized spacial score (nSPS) is 32.6. The molecule has 1 amide bonds. The minimum absolute atomic E-state index is 0.163. The summed E-state index contributed by atoms with van der Waals surface area (Å²) in [7, 11) is 0. The Morgan fingerprint density at radius 3 is 2.71 bits per heavy atom. The molecule has 0 aromatic carbocycles. The Morgan fingerprint density at radius 2 is 2.12 bits per heavy atom. The largest absolute Gasteiger partial charge is 0.346 e. The van der Waals surface area contributed by atoms with Crippen molar-refractivity contribution in [2.45, 2.75) is 38.6 Å². The molecule has 6 heteroatoms. The fourth-order valence-electron chi connectivity index (χ4n) is 3.11. The number of fused-ring (bicyclic) bond motifs is 1. The molecule has 0 spiro atoms. The highest BCUT2D eigenvalue weighted by Gasteiger charge is 2.54. The van der Waals surface area contributed by atoms with Gasteiger partial charge in [0.1, 0.15) is 0 Å². The minimum Gasteiger partial charge on any atom is -0.346 e. The van der Waals surface area contributed by atoms with Crippen LogP contribution in [0.4, 0.5) is 0 Å². The molecule has 2 aliphatic rings. The van der Waals surface area contributed by atoms with Crippen molar-refractivity contribution in [1.82, 2.24) is 25.9 Å². The van der Waals surface area contributed by atoms with Crippen LogP contribution in [0, 0.1) is 17.8 Å². The first kappa shape index (κ1) is 10.7.